The van der Waals surface area contributed by atoms with Crippen molar-refractivity contribution in [3.8, 4) is 0 Å². The lowest BCUT2D eigenvalue weighted by Gasteiger charge is -2.30. The first kappa shape index (κ1) is 18.5. The lowest BCUT2D eigenvalue weighted by atomic mass is 10.0. The zero-order valence-electron chi connectivity index (χ0n) is 14.3. The van der Waals surface area contributed by atoms with Crippen LogP contribution in [-0.4, -0.2) is 52.4 Å². The molecule has 1 saturated heterocycles. The summed E-state index contributed by atoms with van der Waals surface area (Å²) in [7, 11) is 0. The van der Waals surface area contributed by atoms with Gasteiger partial charge in [0, 0.05) is 43.0 Å². The minimum absolute atomic E-state index is 0.00781. The number of nitrogens with zero attached hydrogens (tertiary/aromatic N) is 3. The minimum Gasteiger partial charge on any atom is -0.378 e. The molecule has 27 heavy (non-hydrogen) atoms. The van der Waals surface area contributed by atoms with Gasteiger partial charge in [-0.05, 0) is 6.07 Å². The summed E-state index contributed by atoms with van der Waals surface area (Å²) in [6.07, 6.45) is 1.36. The maximum absolute atomic E-state index is 13.1. The number of nitro groups is 1. The Balaban J connectivity index is 2.04. The molecule has 3 rings (SSSR count). The number of non-ortho nitro benzene ring substituents is 1. The Kier molecular flexibility index (Phi) is 5.41. The standard InChI is InChI=1S/C18H17N3O6/c22-15-6-1-2-7-20(15)16(18(24)19-8-10-27-11-9-19)17(23)13-4-3-5-14(12-13)21(25)26/h1-7,12,16H,8-11H2. The molecule has 1 aromatic carbocycles. The number of Topliss-reactive ketones (excluding diaryl/α,β-unsaturated/α-hetero) is 1. The average molecular weight is 371 g/mol. The van der Waals surface area contributed by atoms with Crippen LogP contribution >= 0.6 is 0 Å². The molecule has 1 aliphatic rings. The van der Waals surface area contributed by atoms with Gasteiger partial charge in [-0.2, -0.15) is 0 Å². The third-order valence-corrected chi connectivity index (χ3v) is 4.28. The van der Waals surface area contributed by atoms with Gasteiger partial charge in [-0.15, -0.1) is 0 Å². The van der Waals surface area contributed by atoms with Crippen LogP contribution in [0.2, 0.25) is 0 Å². The van der Waals surface area contributed by atoms with E-state index in [-0.39, 0.29) is 11.3 Å². The molecule has 1 unspecified atom stereocenters. The van der Waals surface area contributed by atoms with E-state index in [0.717, 1.165) is 10.6 Å². The molecule has 140 valence electrons. The summed E-state index contributed by atoms with van der Waals surface area (Å²) in [5, 5.41) is 11.0. The third-order valence-electron chi connectivity index (χ3n) is 4.28. The number of aromatic nitrogens is 1. The van der Waals surface area contributed by atoms with Crippen LogP contribution in [0.15, 0.2) is 53.5 Å². The van der Waals surface area contributed by atoms with Crippen LogP contribution in [0.4, 0.5) is 5.69 Å². The summed E-state index contributed by atoms with van der Waals surface area (Å²) in [4.78, 5) is 50.2. The van der Waals surface area contributed by atoms with Gasteiger partial charge in [0.25, 0.3) is 17.2 Å². The molecule has 0 bridgehead atoms. The molecule has 0 aliphatic carbocycles. The Hall–Kier alpha value is -3.33. The van der Waals surface area contributed by atoms with Crippen LogP contribution in [0.3, 0.4) is 0 Å². The first-order chi connectivity index (χ1) is 13.0. The molecule has 2 heterocycles. The van der Waals surface area contributed by atoms with Crippen molar-refractivity contribution < 1.29 is 19.2 Å². The monoisotopic (exact) mass is 371 g/mol. The number of hydrogen-bond acceptors (Lipinski definition) is 6. The topological polar surface area (TPSA) is 112 Å². The summed E-state index contributed by atoms with van der Waals surface area (Å²) in [6.45, 7) is 1.29. The quantitative estimate of drug-likeness (QED) is 0.336. The smallest absolute Gasteiger partial charge is 0.270 e. The Morgan fingerprint density at radius 2 is 1.85 bits per heavy atom. The highest BCUT2D eigenvalue weighted by atomic mass is 16.6. The summed E-state index contributed by atoms with van der Waals surface area (Å²) in [6, 6.07) is 7.99. The van der Waals surface area contributed by atoms with Gasteiger partial charge in [0.2, 0.25) is 0 Å². The fourth-order valence-corrected chi connectivity index (χ4v) is 2.90. The highest BCUT2D eigenvalue weighted by Gasteiger charge is 2.34. The zero-order chi connectivity index (χ0) is 19.4. The summed E-state index contributed by atoms with van der Waals surface area (Å²) in [5.41, 5.74) is -0.784. The maximum atomic E-state index is 13.1. The number of ketones is 1. The number of ether oxygens (including phenoxy) is 1. The molecular formula is C18H17N3O6. The SMILES string of the molecule is O=C(c1cccc([N+](=O)[O-])c1)C(C(=O)N1CCOCC1)n1ccccc1=O. The van der Waals surface area contributed by atoms with Crippen LogP contribution < -0.4 is 5.56 Å². The largest absolute Gasteiger partial charge is 0.378 e. The molecule has 9 nitrogen and oxygen atoms in total. The van der Waals surface area contributed by atoms with E-state index in [1.54, 1.807) is 6.07 Å². The minimum atomic E-state index is -1.43. The van der Waals surface area contributed by atoms with Crippen LogP contribution in [0.5, 0.6) is 0 Å². The number of carbonyl (C=O) groups excluding carboxylic acids is 2. The molecule has 9 heteroatoms. The molecule has 1 amide bonds. The predicted octanol–water partition coefficient (Wildman–Crippen LogP) is 1.04. The number of benzene rings is 1. The Morgan fingerprint density at radius 1 is 1.11 bits per heavy atom. The first-order valence-electron chi connectivity index (χ1n) is 8.31. The van der Waals surface area contributed by atoms with Crippen LogP contribution in [0.1, 0.15) is 16.4 Å². The van der Waals surface area contributed by atoms with Crippen molar-refractivity contribution in [1.29, 1.82) is 0 Å². The van der Waals surface area contributed by atoms with Gasteiger partial charge in [-0.1, -0.05) is 18.2 Å². The highest BCUT2D eigenvalue weighted by Crippen LogP contribution is 2.21. The van der Waals surface area contributed by atoms with E-state index in [2.05, 4.69) is 0 Å². The van der Waals surface area contributed by atoms with E-state index < -0.39 is 28.2 Å². The van der Waals surface area contributed by atoms with Crippen molar-refractivity contribution in [1.82, 2.24) is 9.47 Å². The van der Waals surface area contributed by atoms with E-state index in [1.807, 2.05) is 0 Å². The van der Waals surface area contributed by atoms with Gasteiger partial charge in [-0.3, -0.25) is 29.1 Å². The molecule has 1 aromatic heterocycles. The fraction of sp³-hybridized carbons (Fsp3) is 0.278. The number of amides is 1. The molecule has 0 N–H and O–H groups in total. The molecule has 1 aliphatic heterocycles. The average Bonchev–Trinajstić information content (AvgIpc) is 2.70. The lowest BCUT2D eigenvalue weighted by Crippen LogP contribution is -2.48. The number of nitro benzene ring substituents is 1. The fourth-order valence-electron chi connectivity index (χ4n) is 2.90. The molecule has 0 spiro atoms. The third kappa shape index (κ3) is 3.93. The highest BCUT2D eigenvalue weighted by molar-refractivity contribution is 6.12. The summed E-state index contributed by atoms with van der Waals surface area (Å²) < 4.78 is 6.28. The van der Waals surface area contributed by atoms with Gasteiger partial charge in [-0.25, -0.2) is 0 Å². The van der Waals surface area contributed by atoms with Crippen molar-refractivity contribution in [3.05, 3.63) is 74.7 Å². The van der Waals surface area contributed by atoms with Crippen LogP contribution in [0, 0.1) is 10.1 Å². The normalized spacial score (nSPS) is 15.2. The predicted molar refractivity (Wildman–Crippen MR) is 94.6 cm³/mol. The van der Waals surface area contributed by atoms with Crippen LogP contribution in [-0.2, 0) is 9.53 Å². The Bertz CT molecular complexity index is 932. The van der Waals surface area contributed by atoms with Crippen LogP contribution in [0.25, 0.3) is 0 Å². The summed E-state index contributed by atoms with van der Waals surface area (Å²) in [5.74, 6) is -1.22. The molecule has 2 aromatic rings. The zero-order valence-corrected chi connectivity index (χ0v) is 14.3. The van der Waals surface area contributed by atoms with Crippen molar-refractivity contribution in [2.24, 2.45) is 0 Å². The Labute approximate surface area is 153 Å². The van der Waals surface area contributed by atoms with Crippen molar-refractivity contribution in [3.63, 3.8) is 0 Å². The molecule has 0 radical (unpaired) electrons. The second-order valence-electron chi connectivity index (χ2n) is 5.96. The summed E-state index contributed by atoms with van der Waals surface area (Å²) >= 11 is 0. The van der Waals surface area contributed by atoms with Gasteiger partial charge in [0.1, 0.15) is 0 Å². The van der Waals surface area contributed by atoms with E-state index in [1.165, 1.54) is 41.4 Å². The maximum Gasteiger partial charge on any atom is 0.270 e. The van der Waals surface area contributed by atoms with Crippen molar-refractivity contribution in [2.45, 2.75) is 6.04 Å². The number of rotatable bonds is 5. The number of hydrogen-bond donors (Lipinski definition) is 0. The number of carbonyl (C=O) groups is 2. The van der Waals surface area contributed by atoms with Gasteiger partial charge < -0.3 is 9.64 Å². The van der Waals surface area contributed by atoms with Gasteiger partial charge >= 0.3 is 0 Å². The first-order valence-corrected chi connectivity index (χ1v) is 8.31. The van der Waals surface area contributed by atoms with Crippen molar-refractivity contribution >= 4 is 17.4 Å². The second kappa shape index (κ2) is 7.92. The van der Waals surface area contributed by atoms with E-state index in [0.29, 0.717) is 26.3 Å². The Morgan fingerprint density at radius 3 is 2.52 bits per heavy atom. The molecule has 0 saturated carbocycles. The van der Waals surface area contributed by atoms with Gasteiger partial charge in [0.15, 0.2) is 11.8 Å². The number of pyridine rings is 1. The van der Waals surface area contributed by atoms with Crippen molar-refractivity contribution in [2.75, 3.05) is 26.3 Å². The molecular weight excluding hydrogens is 354 g/mol. The molecule has 1 atom stereocenters. The van der Waals surface area contributed by atoms with E-state index >= 15 is 0 Å². The van der Waals surface area contributed by atoms with E-state index in [4.69, 9.17) is 4.74 Å². The number of morpholine rings is 1. The van der Waals surface area contributed by atoms with E-state index in [9.17, 15) is 24.5 Å². The second-order valence-corrected chi connectivity index (χ2v) is 5.96. The molecule has 1 fully saturated rings. The lowest BCUT2D eigenvalue weighted by molar-refractivity contribution is -0.384. The van der Waals surface area contributed by atoms with Gasteiger partial charge in [0.05, 0.1) is 18.1 Å².